The van der Waals surface area contributed by atoms with Gasteiger partial charge in [-0.2, -0.15) is 4.31 Å². The van der Waals surface area contributed by atoms with Gasteiger partial charge in [0.25, 0.3) is 0 Å². The van der Waals surface area contributed by atoms with Crippen LogP contribution in [0.25, 0.3) is 0 Å². The number of hydrogen-bond acceptors (Lipinski definition) is 6. The molecule has 0 atom stereocenters. The molecule has 2 aliphatic rings. The second-order valence-corrected chi connectivity index (χ2v) is 11.3. The topological polar surface area (TPSA) is 112 Å². The number of rotatable bonds is 8. The number of aliphatic imine (C=N–C) groups is 1. The van der Waals surface area contributed by atoms with Crippen molar-refractivity contribution >= 4 is 50.0 Å². The maximum atomic E-state index is 12.4. The van der Waals surface area contributed by atoms with Crippen molar-refractivity contribution in [2.24, 2.45) is 4.99 Å². The van der Waals surface area contributed by atoms with Gasteiger partial charge in [-0.3, -0.25) is 4.99 Å². The van der Waals surface area contributed by atoms with Crippen LogP contribution in [0.2, 0.25) is 0 Å². The summed E-state index contributed by atoms with van der Waals surface area (Å²) in [7, 11) is -4.76. The molecular weight excluding hydrogens is 533 g/mol. The molecule has 2 heterocycles. The van der Waals surface area contributed by atoms with E-state index in [0.29, 0.717) is 58.2 Å². The molecule has 0 spiro atoms. The average molecular weight is 568 g/mol. The number of hydrogen-bond donors (Lipinski definition) is 1. The highest BCUT2D eigenvalue weighted by Gasteiger charge is 2.29. The first-order valence-corrected chi connectivity index (χ1v) is 12.9. The molecule has 2 saturated heterocycles. The predicted octanol–water partition coefficient (Wildman–Crippen LogP) is -0.412. The number of halogens is 1. The zero-order chi connectivity index (χ0) is 20.8. The first-order valence-electron chi connectivity index (χ1n) is 9.68. The Kier molecular flexibility index (Phi) is 11.1. The number of piperazine rings is 1. The highest BCUT2D eigenvalue weighted by atomic mass is 127. The quantitative estimate of drug-likeness (QED) is 0.241. The Morgan fingerprint density at radius 1 is 1.17 bits per heavy atom. The molecule has 0 aromatic heterocycles. The first-order chi connectivity index (χ1) is 13.2. The predicted molar refractivity (Wildman–Crippen MR) is 125 cm³/mol. The molecule has 10 nitrogen and oxygen atoms in total. The van der Waals surface area contributed by atoms with Crippen LogP contribution in [0.5, 0.6) is 0 Å². The maximum Gasteiger partial charge on any atom is 0.216 e. The Hall–Kier alpha value is -0.220. The third-order valence-electron chi connectivity index (χ3n) is 4.78. The highest BCUT2D eigenvalue weighted by Crippen LogP contribution is 2.12. The lowest BCUT2D eigenvalue weighted by Gasteiger charge is -2.36. The van der Waals surface area contributed by atoms with Crippen molar-refractivity contribution in [2.45, 2.75) is 26.4 Å². The smallest absolute Gasteiger partial charge is 0.216 e. The van der Waals surface area contributed by atoms with Crippen LogP contribution in [-0.4, -0.2) is 113 Å². The summed E-state index contributed by atoms with van der Waals surface area (Å²) in [6.45, 7) is 7.26. The summed E-state index contributed by atoms with van der Waals surface area (Å²) in [6.07, 6.45) is 0.687. The Labute approximate surface area is 192 Å². The van der Waals surface area contributed by atoms with Crippen molar-refractivity contribution in [2.75, 3.05) is 71.0 Å². The Bertz CT molecular complexity index is 737. The molecule has 0 aromatic rings. The highest BCUT2D eigenvalue weighted by molar-refractivity contribution is 14.0. The molecule has 0 aromatic carbocycles. The second-order valence-electron chi connectivity index (χ2n) is 7.16. The standard InChI is InChI=1S/C16H33N5O5S2.HI/c1-15(2)26-12-14-28(24,25)21-10-8-19(9-11-21)16(17-3)18-5-7-20-6-4-13-27(20,22)23;/h15H,4-14H2,1-3H3,(H,17,18);1H. The Morgan fingerprint density at radius 2 is 1.83 bits per heavy atom. The molecule has 0 unspecified atom stereocenters. The van der Waals surface area contributed by atoms with Gasteiger partial charge < -0.3 is 15.0 Å². The fourth-order valence-electron chi connectivity index (χ4n) is 3.26. The second kappa shape index (κ2) is 12.0. The van der Waals surface area contributed by atoms with E-state index in [2.05, 4.69) is 10.3 Å². The van der Waals surface area contributed by atoms with E-state index in [1.54, 1.807) is 7.05 Å². The third-order valence-corrected chi connectivity index (χ3v) is 8.57. The minimum Gasteiger partial charge on any atom is -0.378 e. The molecule has 0 amide bonds. The van der Waals surface area contributed by atoms with Crippen LogP contribution < -0.4 is 5.32 Å². The normalized spacial score (nSPS) is 21.4. The van der Waals surface area contributed by atoms with Crippen molar-refractivity contribution in [3.8, 4) is 0 Å². The number of nitrogens with one attached hydrogen (secondary N) is 1. The van der Waals surface area contributed by atoms with Gasteiger partial charge in [0, 0.05) is 52.9 Å². The molecule has 0 saturated carbocycles. The fraction of sp³-hybridized carbons (Fsp3) is 0.938. The summed E-state index contributed by atoms with van der Waals surface area (Å²) < 4.78 is 56.8. The fourth-order valence-corrected chi connectivity index (χ4v) is 6.08. The summed E-state index contributed by atoms with van der Waals surface area (Å²) in [5, 5.41) is 3.19. The molecule has 0 bridgehead atoms. The van der Waals surface area contributed by atoms with Gasteiger partial charge in [-0.25, -0.2) is 21.1 Å². The number of ether oxygens (including phenoxy) is 1. The summed E-state index contributed by atoms with van der Waals surface area (Å²) in [5.74, 6) is 0.875. The van der Waals surface area contributed by atoms with Crippen LogP contribution in [0.3, 0.4) is 0 Å². The number of sulfonamides is 2. The first kappa shape index (κ1) is 26.8. The third kappa shape index (κ3) is 8.09. The minimum atomic E-state index is -3.33. The van der Waals surface area contributed by atoms with E-state index in [9.17, 15) is 16.8 Å². The minimum absolute atomic E-state index is 0. The van der Waals surface area contributed by atoms with Crippen molar-refractivity contribution in [1.29, 1.82) is 0 Å². The molecule has 29 heavy (non-hydrogen) atoms. The average Bonchev–Trinajstić information content (AvgIpc) is 2.97. The van der Waals surface area contributed by atoms with E-state index >= 15 is 0 Å². The van der Waals surface area contributed by atoms with E-state index in [0.717, 1.165) is 0 Å². The molecule has 2 fully saturated rings. The number of guanidine groups is 1. The summed E-state index contributed by atoms with van der Waals surface area (Å²) in [4.78, 5) is 6.24. The van der Waals surface area contributed by atoms with Crippen LogP contribution in [0.1, 0.15) is 20.3 Å². The zero-order valence-electron chi connectivity index (χ0n) is 17.4. The Morgan fingerprint density at radius 3 is 2.34 bits per heavy atom. The summed E-state index contributed by atoms with van der Waals surface area (Å²) in [6, 6.07) is 0. The lowest BCUT2D eigenvalue weighted by atomic mass is 10.4. The largest absolute Gasteiger partial charge is 0.378 e. The summed E-state index contributed by atoms with van der Waals surface area (Å²) in [5.41, 5.74) is 0. The zero-order valence-corrected chi connectivity index (χ0v) is 21.4. The summed E-state index contributed by atoms with van der Waals surface area (Å²) >= 11 is 0. The monoisotopic (exact) mass is 567 g/mol. The molecule has 2 aliphatic heterocycles. The van der Waals surface area contributed by atoms with E-state index < -0.39 is 20.0 Å². The van der Waals surface area contributed by atoms with Gasteiger partial charge in [-0.15, -0.1) is 24.0 Å². The molecule has 2 rings (SSSR count). The van der Waals surface area contributed by atoms with Gasteiger partial charge in [-0.05, 0) is 20.3 Å². The Balaban J connectivity index is 0.00000420. The van der Waals surface area contributed by atoms with Gasteiger partial charge in [-0.1, -0.05) is 0 Å². The molecule has 0 radical (unpaired) electrons. The van der Waals surface area contributed by atoms with Crippen LogP contribution in [0, 0.1) is 0 Å². The van der Waals surface area contributed by atoms with Crippen LogP contribution >= 0.6 is 24.0 Å². The molecule has 1 N–H and O–H groups in total. The van der Waals surface area contributed by atoms with Gasteiger partial charge >= 0.3 is 0 Å². The molecule has 172 valence electrons. The number of nitrogens with zero attached hydrogens (tertiary/aromatic N) is 4. The lowest BCUT2D eigenvalue weighted by Crippen LogP contribution is -2.54. The van der Waals surface area contributed by atoms with Crippen molar-refractivity contribution in [3.63, 3.8) is 0 Å². The molecule has 0 aliphatic carbocycles. The van der Waals surface area contributed by atoms with Crippen molar-refractivity contribution in [3.05, 3.63) is 0 Å². The van der Waals surface area contributed by atoms with Crippen molar-refractivity contribution < 1.29 is 21.6 Å². The SMILES string of the molecule is CN=C(NCCN1CCCS1(=O)=O)N1CCN(S(=O)(=O)CCOC(C)C)CC1.I. The van der Waals surface area contributed by atoms with Gasteiger partial charge in [0.1, 0.15) is 0 Å². The van der Waals surface area contributed by atoms with Crippen LogP contribution in [0.15, 0.2) is 4.99 Å². The lowest BCUT2D eigenvalue weighted by molar-refractivity contribution is 0.0904. The van der Waals surface area contributed by atoms with Crippen LogP contribution in [0.4, 0.5) is 0 Å². The van der Waals surface area contributed by atoms with E-state index in [4.69, 9.17) is 4.74 Å². The molecular formula is C16H34IN5O5S2. The van der Waals surface area contributed by atoms with E-state index in [1.807, 2.05) is 18.7 Å². The van der Waals surface area contributed by atoms with Gasteiger partial charge in [0.2, 0.25) is 20.0 Å². The van der Waals surface area contributed by atoms with E-state index in [-0.39, 0.29) is 48.2 Å². The van der Waals surface area contributed by atoms with Crippen LogP contribution in [-0.2, 0) is 24.8 Å². The van der Waals surface area contributed by atoms with E-state index in [1.165, 1.54) is 8.61 Å². The molecule has 13 heteroatoms. The van der Waals surface area contributed by atoms with Gasteiger partial charge in [0.15, 0.2) is 5.96 Å². The van der Waals surface area contributed by atoms with Gasteiger partial charge in [0.05, 0.1) is 24.2 Å². The van der Waals surface area contributed by atoms with Crippen molar-refractivity contribution in [1.82, 2.24) is 18.8 Å². The maximum absolute atomic E-state index is 12.4.